The Labute approximate surface area is 227 Å². The lowest BCUT2D eigenvalue weighted by atomic mass is 10.1. The third-order valence-electron chi connectivity index (χ3n) is 6.54. The molecule has 0 saturated heterocycles. The number of unbranched alkanes of at least 4 members (excludes halogenated alkanes) is 1. The molecule has 204 valence electrons. The minimum atomic E-state index is -4.91. The van der Waals surface area contributed by atoms with Crippen molar-refractivity contribution in [2.45, 2.75) is 31.5 Å². The molecular weight excluding hydrogens is 565 g/mol. The number of carbonyl (C=O) groups excluding carboxylic acids is 2. The highest BCUT2D eigenvalue weighted by Crippen LogP contribution is 2.40. The van der Waals surface area contributed by atoms with Crippen LogP contribution in [-0.4, -0.2) is 73.2 Å². The fourth-order valence-corrected chi connectivity index (χ4v) is 4.83. The zero-order valence-electron chi connectivity index (χ0n) is 21.4. The summed E-state index contributed by atoms with van der Waals surface area (Å²) in [6.45, 7) is 1.57. The van der Waals surface area contributed by atoms with Gasteiger partial charge in [-0.15, -0.1) is 0 Å². The standard InChI is InChI=1S/C26H30BrF3N6O2/c1-34(2)12-13-35(3)17-8-9-19-18(15-17)23-32-20-14-16(27)7-10-21(20)36(23)22(24(37)33-19)6-4-5-11-31-25(38)26(28,29)30/h7-10,14-15,22H,4-6,11-13H2,1-3H3,(H,31,38)(H,33,37)/t22-/m0/s1. The molecule has 1 aliphatic heterocycles. The predicted molar refractivity (Wildman–Crippen MR) is 145 cm³/mol. The third-order valence-corrected chi connectivity index (χ3v) is 7.03. The van der Waals surface area contributed by atoms with Crippen LogP contribution in [0, 0.1) is 0 Å². The summed E-state index contributed by atoms with van der Waals surface area (Å²) in [7, 11) is 6.05. The first-order valence-electron chi connectivity index (χ1n) is 12.3. The van der Waals surface area contributed by atoms with Gasteiger partial charge in [0, 0.05) is 42.4 Å². The van der Waals surface area contributed by atoms with Crippen molar-refractivity contribution in [1.29, 1.82) is 0 Å². The van der Waals surface area contributed by atoms with E-state index < -0.39 is 18.1 Å². The zero-order chi connectivity index (χ0) is 27.6. The van der Waals surface area contributed by atoms with E-state index in [0.717, 1.165) is 39.8 Å². The van der Waals surface area contributed by atoms with Crippen LogP contribution in [-0.2, 0) is 9.59 Å². The van der Waals surface area contributed by atoms with Crippen LogP contribution in [0.5, 0.6) is 0 Å². The number of halogens is 4. The van der Waals surface area contributed by atoms with Crippen molar-refractivity contribution in [1.82, 2.24) is 19.8 Å². The van der Waals surface area contributed by atoms with Crippen LogP contribution < -0.4 is 15.5 Å². The molecule has 0 unspecified atom stereocenters. The Morgan fingerprint density at radius 2 is 1.89 bits per heavy atom. The molecule has 0 saturated carbocycles. The zero-order valence-corrected chi connectivity index (χ0v) is 23.0. The van der Waals surface area contributed by atoms with Gasteiger partial charge in [0.25, 0.3) is 0 Å². The molecule has 38 heavy (non-hydrogen) atoms. The highest BCUT2D eigenvalue weighted by molar-refractivity contribution is 9.10. The van der Waals surface area contributed by atoms with E-state index in [1.54, 1.807) is 0 Å². The average Bonchev–Trinajstić information content (AvgIpc) is 3.16. The molecule has 4 rings (SSSR count). The first kappa shape index (κ1) is 27.9. The molecule has 3 aromatic rings. The molecule has 2 N–H and O–H groups in total. The summed E-state index contributed by atoms with van der Waals surface area (Å²) in [5, 5.41) is 4.91. The topological polar surface area (TPSA) is 82.5 Å². The van der Waals surface area contributed by atoms with Gasteiger partial charge in [-0.05, 0) is 69.8 Å². The van der Waals surface area contributed by atoms with E-state index in [2.05, 4.69) is 31.0 Å². The van der Waals surface area contributed by atoms with Crippen molar-refractivity contribution in [2.24, 2.45) is 0 Å². The van der Waals surface area contributed by atoms with Crippen LogP contribution in [0.4, 0.5) is 24.5 Å². The van der Waals surface area contributed by atoms with Crippen molar-refractivity contribution < 1.29 is 22.8 Å². The van der Waals surface area contributed by atoms with Gasteiger partial charge in [0.2, 0.25) is 5.91 Å². The second kappa shape index (κ2) is 11.3. The summed E-state index contributed by atoms with van der Waals surface area (Å²) in [6.07, 6.45) is -3.81. The normalized spacial score (nSPS) is 15.2. The summed E-state index contributed by atoms with van der Waals surface area (Å²) in [6, 6.07) is 10.9. The predicted octanol–water partition coefficient (Wildman–Crippen LogP) is 4.81. The van der Waals surface area contributed by atoms with Crippen molar-refractivity contribution in [3.8, 4) is 11.4 Å². The van der Waals surface area contributed by atoms with E-state index in [-0.39, 0.29) is 12.5 Å². The number of nitrogens with zero attached hydrogens (tertiary/aromatic N) is 4. The van der Waals surface area contributed by atoms with Gasteiger partial charge in [-0.3, -0.25) is 9.59 Å². The number of alkyl halides is 3. The summed E-state index contributed by atoms with van der Waals surface area (Å²) in [5.41, 5.74) is 3.94. The number of aromatic nitrogens is 2. The molecule has 1 atom stereocenters. The molecule has 1 aromatic heterocycles. The SMILES string of the molecule is CN(C)CCN(C)c1ccc2c(c1)-c1nc3cc(Br)ccc3n1[C@@H](CCCCNC(=O)C(F)(F)F)C(=O)N2. The van der Waals surface area contributed by atoms with Gasteiger partial charge in [-0.1, -0.05) is 15.9 Å². The maximum Gasteiger partial charge on any atom is 0.471 e. The molecule has 0 bridgehead atoms. The van der Waals surface area contributed by atoms with Gasteiger partial charge >= 0.3 is 12.1 Å². The summed E-state index contributed by atoms with van der Waals surface area (Å²) < 4.78 is 40.1. The van der Waals surface area contributed by atoms with E-state index in [4.69, 9.17) is 4.98 Å². The minimum absolute atomic E-state index is 0.125. The molecule has 0 spiro atoms. The number of fused-ring (bicyclic) bond motifs is 5. The van der Waals surface area contributed by atoms with Gasteiger partial charge in [0.1, 0.15) is 11.9 Å². The second-order valence-electron chi connectivity index (χ2n) is 9.65. The number of anilines is 2. The molecule has 2 heterocycles. The molecule has 0 fully saturated rings. The number of amides is 2. The first-order chi connectivity index (χ1) is 18.0. The van der Waals surface area contributed by atoms with Crippen LogP contribution in [0.15, 0.2) is 40.9 Å². The summed E-state index contributed by atoms with van der Waals surface area (Å²) in [4.78, 5) is 33.7. The lowest BCUT2D eigenvalue weighted by Gasteiger charge is -2.22. The van der Waals surface area contributed by atoms with E-state index in [1.165, 1.54) is 0 Å². The second-order valence-corrected chi connectivity index (χ2v) is 10.6. The highest BCUT2D eigenvalue weighted by Gasteiger charge is 2.38. The number of hydrogen-bond acceptors (Lipinski definition) is 5. The molecular formula is C26H30BrF3N6O2. The fraction of sp³-hybridized carbons (Fsp3) is 0.423. The fourth-order valence-electron chi connectivity index (χ4n) is 4.48. The summed E-state index contributed by atoms with van der Waals surface area (Å²) in [5.74, 6) is -1.54. The lowest BCUT2D eigenvalue weighted by Crippen LogP contribution is -2.37. The Bertz CT molecular complexity index is 1340. The lowest BCUT2D eigenvalue weighted by molar-refractivity contribution is -0.173. The first-order valence-corrected chi connectivity index (χ1v) is 13.1. The molecule has 1 aliphatic rings. The number of benzene rings is 2. The molecule has 0 aliphatic carbocycles. The molecule has 8 nitrogen and oxygen atoms in total. The Hall–Kier alpha value is -3.12. The number of nitrogens with one attached hydrogen (secondary N) is 2. The Morgan fingerprint density at radius 1 is 1.13 bits per heavy atom. The average molecular weight is 595 g/mol. The monoisotopic (exact) mass is 594 g/mol. The van der Waals surface area contributed by atoms with Crippen molar-refractivity contribution in [3.05, 3.63) is 40.9 Å². The van der Waals surface area contributed by atoms with E-state index in [0.29, 0.717) is 30.8 Å². The molecule has 0 radical (unpaired) electrons. The quantitative estimate of drug-likeness (QED) is 0.348. The molecule has 2 aromatic carbocycles. The van der Waals surface area contributed by atoms with Crippen molar-refractivity contribution in [3.63, 3.8) is 0 Å². The van der Waals surface area contributed by atoms with E-state index >= 15 is 0 Å². The van der Waals surface area contributed by atoms with Crippen LogP contribution in [0.2, 0.25) is 0 Å². The van der Waals surface area contributed by atoms with Crippen LogP contribution in [0.3, 0.4) is 0 Å². The summed E-state index contributed by atoms with van der Waals surface area (Å²) >= 11 is 3.49. The molecule has 2 amide bonds. The maximum atomic E-state index is 13.4. The van der Waals surface area contributed by atoms with Crippen molar-refractivity contribution >= 4 is 50.2 Å². The Balaban J connectivity index is 1.65. The van der Waals surface area contributed by atoms with Crippen LogP contribution in [0.1, 0.15) is 25.3 Å². The maximum absolute atomic E-state index is 13.4. The van der Waals surface area contributed by atoms with Crippen LogP contribution >= 0.6 is 15.9 Å². The van der Waals surface area contributed by atoms with Gasteiger partial charge in [0.05, 0.1) is 16.7 Å². The Morgan fingerprint density at radius 3 is 2.61 bits per heavy atom. The highest BCUT2D eigenvalue weighted by atomic mass is 79.9. The number of carbonyl (C=O) groups is 2. The molecule has 12 heteroatoms. The van der Waals surface area contributed by atoms with Crippen molar-refractivity contribution in [2.75, 3.05) is 51.0 Å². The number of likely N-dealkylation sites (N-methyl/N-ethyl adjacent to an activating group) is 2. The van der Waals surface area contributed by atoms with E-state index in [1.807, 2.05) is 67.4 Å². The van der Waals surface area contributed by atoms with Gasteiger partial charge < -0.3 is 25.0 Å². The number of imidazole rings is 1. The minimum Gasteiger partial charge on any atom is -0.373 e. The van der Waals surface area contributed by atoms with Gasteiger partial charge in [-0.2, -0.15) is 13.2 Å². The number of hydrogen-bond donors (Lipinski definition) is 2. The number of rotatable bonds is 9. The van der Waals surface area contributed by atoms with E-state index in [9.17, 15) is 22.8 Å². The Kier molecular flexibility index (Phi) is 8.31. The van der Waals surface area contributed by atoms with Crippen LogP contribution in [0.25, 0.3) is 22.4 Å². The third kappa shape index (κ3) is 6.12. The smallest absolute Gasteiger partial charge is 0.373 e. The van der Waals surface area contributed by atoms with Gasteiger partial charge in [-0.25, -0.2) is 4.98 Å². The largest absolute Gasteiger partial charge is 0.471 e. The van der Waals surface area contributed by atoms with Gasteiger partial charge in [0.15, 0.2) is 0 Å².